The lowest BCUT2D eigenvalue weighted by Crippen LogP contribution is -2.24. The number of ether oxygens (including phenoxy) is 1. The maximum Gasteiger partial charge on any atom is 0.138 e. The normalized spacial score (nSPS) is 15.6. The highest BCUT2D eigenvalue weighted by atomic mass is 35.5. The molecule has 1 heterocycles. The van der Waals surface area contributed by atoms with Crippen LogP contribution in [-0.4, -0.2) is 27.4 Å². The molecule has 124 valence electrons. The molecule has 0 aliphatic heterocycles. The third-order valence-corrected chi connectivity index (χ3v) is 4.60. The van der Waals surface area contributed by atoms with E-state index < -0.39 is 6.10 Å². The molecular weight excluding hydrogens is 324 g/mol. The first-order valence-electron chi connectivity index (χ1n) is 8.23. The number of benzene rings is 2. The van der Waals surface area contributed by atoms with Crippen LogP contribution < -0.4 is 4.74 Å². The molecule has 1 atom stereocenters. The Bertz CT molecular complexity index is 857. The fraction of sp³-hybridized carbons (Fsp3) is 0.316. The molecule has 1 saturated carbocycles. The Labute approximate surface area is 145 Å². The second-order valence-electron chi connectivity index (χ2n) is 6.24. The molecule has 1 unspecified atom stereocenters. The van der Waals surface area contributed by atoms with Crippen LogP contribution in [0.15, 0.2) is 48.5 Å². The van der Waals surface area contributed by atoms with Gasteiger partial charge in [-0.1, -0.05) is 35.9 Å². The number of aliphatic hydroxyl groups is 1. The molecule has 1 aliphatic carbocycles. The maximum atomic E-state index is 10.4. The van der Waals surface area contributed by atoms with Gasteiger partial charge in [-0.3, -0.25) is 0 Å². The lowest BCUT2D eigenvalue weighted by Gasteiger charge is -2.16. The Kier molecular flexibility index (Phi) is 4.17. The molecule has 2 aromatic carbocycles. The van der Waals surface area contributed by atoms with Gasteiger partial charge in [-0.25, -0.2) is 4.98 Å². The molecule has 1 N–H and O–H groups in total. The summed E-state index contributed by atoms with van der Waals surface area (Å²) in [6.45, 7) is 0.664. The van der Waals surface area contributed by atoms with Gasteiger partial charge in [-0.05, 0) is 37.1 Å². The third-order valence-electron chi connectivity index (χ3n) is 4.29. The summed E-state index contributed by atoms with van der Waals surface area (Å²) in [5.41, 5.74) is 2.05. The topological polar surface area (TPSA) is 47.3 Å². The summed E-state index contributed by atoms with van der Waals surface area (Å²) < 4.78 is 7.79. The van der Waals surface area contributed by atoms with E-state index >= 15 is 0 Å². The summed E-state index contributed by atoms with van der Waals surface area (Å²) in [6.07, 6.45) is 1.72. The minimum Gasteiger partial charge on any atom is -0.489 e. The van der Waals surface area contributed by atoms with Gasteiger partial charge in [0.15, 0.2) is 0 Å². The number of aromatic nitrogens is 2. The smallest absolute Gasteiger partial charge is 0.138 e. The van der Waals surface area contributed by atoms with Gasteiger partial charge in [0.25, 0.3) is 0 Å². The monoisotopic (exact) mass is 342 g/mol. The van der Waals surface area contributed by atoms with Crippen molar-refractivity contribution in [1.29, 1.82) is 0 Å². The number of hydrogen-bond donors (Lipinski definition) is 1. The highest BCUT2D eigenvalue weighted by Crippen LogP contribution is 2.40. The standard InChI is InChI=1S/C19H19ClN2O2/c20-15-5-1-4-8-18(15)24-12-14(23)11-22-17-7-3-2-6-16(17)21-19(22)13-9-10-13/h1-8,13-14,23H,9-12H2. The number of para-hydroxylation sites is 3. The van der Waals surface area contributed by atoms with Crippen molar-refractivity contribution in [2.75, 3.05) is 6.61 Å². The summed E-state index contributed by atoms with van der Waals surface area (Å²) in [6, 6.07) is 15.4. The number of nitrogens with zero attached hydrogens (tertiary/aromatic N) is 2. The van der Waals surface area contributed by atoms with Crippen LogP contribution in [0.1, 0.15) is 24.6 Å². The quantitative estimate of drug-likeness (QED) is 0.736. The maximum absolute atomic E-state index is 10.4. The highest BCUT2D eigenvalue weighted by molar-refractivity contribution is 6.32. The average Bonchev–Trinajstić information content (AvgIpc) is 3.37. The molecule has 24 heavy (non-hydrogen) atoms. The van der Waals surface area contributed by atoms with Crippen molar-refractivity contribution >= 4 is 22.6 Å². The SMILES string of the molecule is OC(COc1ccccc1Cl)Cn1c(C2CC2)nc2ccccc21. The first-order chi connectivity index (χ1) is 11.7. The molecule has 0 bridgehead atoms. The molecule has 4 rings (SSSR count). The summed E-state index contributed by atoms with van der Waals surface area (Å²) in [5.74, 6) is 2.19. The van der Waals surface area contributed by atoms with Crippen LogP contribution in [0.2, 0.25) is 5.02 Å². The van der Waals surface area contributed by atoms with E-state index in [0.717, 1.165) is 16.9 Å². The Hall–Kier alpha value is -2.04. The fourth-order valence-corrected chi connectivity index (χ4v) is 3.14. The van der Waals surface area contributed by atoms with Gasteiger partial charge in [-0.2, -0.15) is 0 Å². The Morgan fingerprint density at radius 1 is 1.17 bits per heavy atom. The number of rotatable bonds is 6. The first kappa shape index (κ1) is 15.5. The van der Waals surface area contributed by atoms with E-state index in [-0.39, 0.29) is 6.61 Å². The minimum absolute atomic E-state index is 0.195. The van der Waals surface area contributed by atoms with Crippen molar-refractivity contribution < 1.29 is 9.84 Å². The third kappa shape index (κ3) is 3.12. The van der Waals surface area contributed by atoms with Crippen LogP contribution in [-0.2, 0) is 6.54 Å². The highest BCUT2D eigenvalue weighted by Gasteiger charge is 2.30. The number of fused-ring (bicyclic) bond motifs is 1. The van der Waals surface area contributed by atoms with Crippen LogP contribution in [0.3, 0.4) is 0 Å². The van der Waals surface area contributed by atoms with Crippen LogP contribution in [0.5, 0.6) is 5.75 Å². The number of halogens is 1. The van der Waals surface area contributed by atoms with E-state index in [2.05, 4.69) is 10.6 Å². The summed E-state index contributed by atoms with van der Waals surface area (Å²) in [5, 5.41) is 11.0. The average molecular weight is 343 g/mol. The zero-order valence-corrected chi connectivity index (χ0v) is 14.0. The lowest BCUT2D eigenvalue weighted by atomic mass is 10.3. The summed E-state index contributed by atoms with van der Waals surface area (Å²) in [4.78, 5) is 4.75. The van der Waals surface area contributed by atoms with Gasteiger partial charge in [0, 0.05) is 5.92 Å². The van der Waals surface area contributed by atoms with Crippen molar-refractivity contribution in [3.05, 3.63) is 59.4 Å². The van der Waals surface area contributed by atoms with Crippen LogP contribution in [0.25, 0.3) is 11.0 Å². The molecule has 4 nitrogen and oxygen atoms in total. The zero-order valence-electron chi connectivity index (χ0n) is 13.2. The molecule has 0 radical (unpaired) electrons. The molecule has 0 spiro atoms. The van der Waals surface area contributed by atoms with Crippen LogP contribution in [0.4, 0.5) is 0 Å². The van der Waals surface area contributed by atoms with E-state index in [0.29, 0.717) is 23.2 Å². The lowest BCUT2D eigenvalue weighted by molar-refractivity contribution is 0.0927. The van der Waals surface area contributed by atoms with Crippen LogP contribution >= 0.6 is 11.6 Å². The first-order valence-corrected chi connectivity index (χ1v) is 8.60. The van der Waals surface area contributed by atoms with E-state index in [4.69, 9.17) is 21.3 Å². The number of hydrogen-bond acceptors (Lipinski definition) is 3. The zero-order chi connectivity index (χ0) is 16.5. The Balaban J connectivity index is 1.51. The van der Waals surface area contributed by atoms with Crippen LogP contribution in [0, 0.1) is 0 Å². The molecule has 3 aromatic rings. The fourth-order valence-electron chi connectivity index (χ4n) is 2.95. The molecule has 1 fully saturated rings. The van der Waals surface area contributed by atoms with Gasteiger partial charge in [0.2, 0.25) is 0 Å². The molecule has 0 amide bonds. The predicted octanol–water partition coefficient (Wildman–Crippen LogP) is 4.01. The second-order valence-corrected chi connectivity index (χ2v) is 6.65. The van der Waals surface area contributed by atoms with Crippen molar-refractivity contribution in [2.24, 2.45) is 0 Å². The van der Waals surface area contributed by atoms with Gasteiger partial charge >= 0.3 is 0 Å². The molecule has 1 aromatic heterocycles. The van der Waals surface area contributed by atoms with Crippen molar-refractivity contribution in [2.45, 2.75) is 31.4 Å². The van der Waals surface area contributed by atoms with Gasteiger partial charge in [0.1, 0.15) is 24.3 Å². The van der Waals surface area contributed by atoms with Crippen molar-refractivity contribution in [3.63, 3.8) is 0 Å². The Morgan fingerprint density at radius 2 is 1.92 bits per heavy atom. The molecule has 1 aliphatic rings. The van der Waals surface area contributed by atoms with E-state index in [1.54, 1.807) is 12.1 Å². The number of imidazole rings is 1. The van der Waals surface area contributed by atoms with Gasteiger partial charge in [-0.15, -0.1) is 0 Å². The molecular formula is C19H19ClN2O2. The van der Waals surface area contributed by atoms with Gasteiger partial charge < -0.3 is 14.4 Å². The van der Waals surface area contributed by atoms with E-state index in [1.165, 1.54) is 12.8 Å². The molecule has 0 saturated heterocycles. The minimum atomic E-state index is -0.628. The van der Waals surface area contributed by atoms with Crippen molar-refractivity contribution in [1.82, 2.24) is 9.55 Å². The van der Waals surface area contributed by atoms with Gasteiger partial charge in [0.05, 0.1) is 22.6 Å². The largest absolute Gasteiger partial charge is 0.489 e. The molecule has 5 heteroatoms. The second kappa shape index (κ2) is 6.46. The summed E-state index contributed by atoms with van der Waals surface area (Å²) >= 11 is 6.08. The van der Waals surface area contributed by atoms with E-state index in [9.17, 15) is 5.11 Å². The predicted molar refractivity (Wildman–Crippen MR) is 94.7 cm³/mol. The number of aliphatic hydroxyl groups excluding tert-OH is 1. The van der Waals surface area contributed by atoms with E-state index in [1.807, 2.05) is 30.3 Å². The summed E-state index contributed by atoms with van der Waals surface area (Å²) in [7, 11) is 0. The Morgan fingerprint density at radius 3 is 2.71 bits per heavy atom. The van der Waals surface area contributed by atoms with Crippen molar-refractivity contribution in [3.8, 4) is 5.75 Å².